The predicted molar refractivity (Wildman–Crippen MR) is 119 cm³/mol. The Hall–Kier alpha value is -4.14. The Morgan fingerprint density at radius 2 is 1.64 bits per heavy atom. The number of carbonyl (C=O) groups is 4. The van der Waals surface area contributed by atoms with Gasteiger partial charge in [-0.15, -0.1) is 0 Å². The van der Waals surface area contributed by atoms with Crippen LogP contribution in [-0.4, -0.2) is 36.6 Å². The quantitative estimate of drug-likeness (QED) is 0.322. The van der Waals surface area contributed by atoms with Crippen molar-refractivity contribution in [3.8, 4) is 5.75 Å². The Balaban J connectivity index is 1.90. The summed E-state index contributed by atoms with van der Waals surface area (Å²) in [6.45, 7) is 6.20. The number of nitrogens with one attached hydrogen (secondary N) is 2. The molecule has 0 radical (unpaired) electrons. The van der Waals surface area contributed by atoms with Crippen molar-refractivity contribution in [2.75, 3.05) is 6.61 Å². The molecule has 0 aliphatic carbocycles. The van der Waals surface area contributed by atoms with Gasteiger partial charge in [-0.25, -0.2) is 9.59 Å². The lowest BCUT2D eigenvalue weighted by Crippen LogP contribution is -2.47. The van der Waals surface area contributed by atoms with Crippen LogP contribution >= 0.6 is 0 Å². The minimum Gasteiger partial charge on any atom is -0.460 e. The van der Waals surface area contributed by atoms with E-state index < -0.39 is 36.0 Å². The third kappa shape index (κ3) is 8.48. The Morgan fingerprint density at radius 3 is 2.24 bits per heavy atom. The fraction of sp³-hybridized carbons (Fsp3) is 0.250. The maximum atomic E-state index is 12.6. The van der Waals surface area contributed by atoms with Crippen LogP contribution in [-0.2, 0) is 30.5 Å². The van der Waals surface area contributed by atoms with E-state index in [0.717, 1.165) is 0 Å². The molecule has 0 unspecified atom stereocenters. The number of carbonyl (C=O) groups excluding carboxylic acids is 4. The molecule has 0 fully saturated rings. The molecule has 0 aliphatic heterocycles. The minimum absolute atomic E-state index is 0.0000230. The van der Waals surface area contributed by atoms with Gasteiger partial charge in [0.25, 0.3) is 0 Å². The Morgan fingerprint density at radius 1 is 0.970 bits per heavy atom. The SMILES string of the molecule is C=CCOC(=O)[C@@H](NC(=O)[C@H](C)NC(=O)OCc1ccc(OC(C)=O)cc1)c1ccccc1. The number of ether oxygens (including phenoxy) is 3. The van der Waals surface area contributed by atoms with E-state index in [-0.39, 0.29) is 13.2 Å². The Kier molecular flexibility index (Phi) is 9.63. The molecule has 2 amide bonds. The van der Waals surface area contributed by atoms with Gasteiger partial charge < -0.3 is 24.8 Å². The lowest BCUT2D eigenvalue weighted by molar-refractivity contribution is -0.147. The van der Waals surface area contributed by atoms with E-state index in [0.29, 0.717) is 16.9 Å². The number of amides is 2. The Bertz CT molecular complexity index is 974. The van der Waals surface area contributed by atoms with Gasteiger partial charge in [-0.2, -0.15) is 0 Å². The summed E-state index contributed by atoms with van der Waals surface area (Å²) in [5.41, 5.74) is 1.19. The van der Waals surface area contributed by atoms with Gasteiger partial charge >= 0.3 is 18.0 Å². The summed E-state index contributed by atoms with van der Waals surface area (Å²) in [5.74, 6) is -1.31. The van der Waals surface area contributed by atoms with Crippen molar-refractivity contribution in [1.82, 2.24) is 10.6 Å². The molecule has 9 heteroatoms. The van der Waals surface area contributed by atoms with E-state index in [1.807, 2.05) is 0 Å². The molecule has 0 saturated heterocycles. The summed E-state index contributed by atoms with van der Waals surface area (Å²) in [4.78, 5) is 48.0. The van der Waals surface area contributed by atoms with E-state index in [2.05, 4.69) is 17.2 Å². The lowest BCUT2D eigenvalue weighted by Gasteiger charge is -2.20. The van der Waals surface area contributed by atoms with E-state index in [1.165, 1.54) is 19.9 Å². The van der Waals surface area contributed by atoms with Crippen LogP contribution in [0.5, 0.6) is 5.75 Å². The number of rotatable bonds is 10. The molecule has 174 valence electrons. The van der Waals surface area contributed by atoms with Crippen LogP contribution < -0.4 is 15.4 Å². The van der Waals surface area contributed by atoms with E-state index in [1.54, 1.807) is 54.6 Å². The smallest absolute Gasteiger partial charge is 0.408 e. The molecule has 2 aromatic carbocycles. The van der Waals surface area contributed by atoms with Crippen molar-refractivity contribution < 1.29 is 33.4 Å². The second-order valence-corrected chi connectivity index (χ2v) is 6.95. The topological polar surface area (TPSA) is 120 Å². The highest BCUT2D eigenvalue weighted by Gasteiger charge is 2.27. The van der Waals surface area contributed by atoms with Gasteiger partial charge in [-0.05, 0) is 30.2 Å². The first-order valence-electron chi connectivity index (χ1n) is 10.1. The van der Waals surface area contributed by atoms with Gasteiger partial charge in [0.05, 0.1) is 0 Å². The number of hydrogen-bond donors (Lipinski definition) is 2. The van der Waals surface area contributed by atoms with Crippen molar-refractivity contribution in [2.24, 2.45) is 0 Å². The lowest BCUT2D eigenvalue weighted by atomic mass is 10.1. The fourth-order valence-corrected chi connectivity index (χ4v) is 2.67. The van der Waals surface area contributed by atoms with Crippen LogP contribution in [0.1, 0.15) is 31.0 Å². The number of alkyl carbamates (subject to hydrolysis) is 1. The van der Waals surface area contributed by atoms with Gasteiger partial charge in [-0.1, -0.05) is 55.1 Å². The van der Waals surface area contributed by atoms with E-state index >= 15 is 0 Å². The molecule has 0 heterocycles. The van der Waals surface area contributed by atoms with Crippen LogP contribution in [0.25, 0.3) is 0 Å². The largest absolute Gasteiger partial charge is 0.460 e. The maximum absolute atomic E-state index is 12.6. The summed E-state index contributed by atoms with van der Waals surface area (Å²) in [7, 11) is 0. The number of hydrogen-bond acceptors (Lipinski definition) is 7. The van der Waals surface area contributed by atoms with Crippen molar-refractivity contribution in [2.45, 2.75) is 32.5 Å². The molecule has 0 spiro atoms. The second kappa shape index (κ2) is 12.7. The van der Waals surface area contributed by atoms with Crippen molar-refractivity contribution in [3.63, 3.8) is 0 Å². The molecule has 2 atom stereocenters. The Labute approximate surface area is 191 Å². The summed E-state index contributed by atoms with van der Waals surface area (Å²) in [6.07, 6.45) is 0.610. The van der Waals surface area contributed by atoms with Crippen molar-refractivity contribution >= 4 is 23.9 Å². The van der Waals surface area contributed by atoms with Crippen LogP contribution in [0.4, 0.5) is 4.79 Å². The van der Waals surface area contributed by atoms with Crippen LogP contribution in [0.3, 0.4) is 0 Å². The van der Waals surface area contributed by atoms with Crippen LogP contribution in [0.15, 0.2) is 67.3 Å². The summed E-state index contributed by atoms with van der Waals surface area (Å²) >= 11 is 0. The normalized spacial score (nSPS) is 11.9. The highest BCUT2D eigenvalue weighted by Crippen LogP contribution is 2.15. The average molecular weight is 454 g/mol. The molecule has 2 aromatic rings. The predicted octanol–water partition coefficient (Wildman–Crippen LogP) is 2.81. The van der Waals surface area contributed by atoms with Gasteiger partial charge in [0.15, 0.2) is 6.04 Å². The molecular weight excluding hydrogens is 428 g/mol. The van der Waals surface area contributed by atoms with E-state index in [4.69, 9.17) is 14.2 Å². The zero-order valence-corrected chi connectivity index (χ0v) is 18.4. The highest BCUT2D eigenvalue weighted by atomic mass is 16.6. The summed E-state index contributed by atoms with van der Waals surface area (Å²) in [5, 5.41) is 5.00. The average Bonchev–Trinajstić information content (AvgIpc) is 2.80. The first kappa shape index (κ1) is 25.1. The molecule has 0 bridgehead atoms. The maximum Gasteiger partial charge on any atom is 0.408 e. The van der Waals surface area contributed by atoms with Gasteiger partial charge in [0.1, 0.15) is 25.0 Å². The second-order valence-electron chi connectivity index (χ2n) is 6.95. The molecular formula is C24H26N2O7. The van der Waals surface area contributed by atoms with Crippen LogP contribution in [0, 0.1) is 0 Å². The van der Waals surface area contributed by atoms with Gasteiger partial charge in [0, 0.05) is 6.92 Å². The molecule has 0 saturated carbocycles. The third-order valence-electron chi connectivity index (χ3n) is 4.28. The first-order chi connectivity index (χ1) is 15.8. The number of esters is 2. The summed E-state index contributed by atoms with van der Waals surface area (Å²) < 4.78 is 15.1. The van der Waals surface area contributed by atoms with E-state index in [9.17, 15) is 19.2 Å². The molecule has 33 heavy (non-hydrogen) atoms. The highest BCUT2D eigenvalue weighted by molar-refractivity contribution is 5.90. The van der Waals surface area contributed by atoms with Crippen molar-refractivity contribution in [1.29, 1.82) is 0 Å². The molecule has 9 nitrogen and oxygen atoms in total. The van der Waals surface area contributed by atoms with Crippen LogP contribution in [0.2, 0.25) is 0 Å². The van der Waals surface area contributed by atoms with Gasteiger partial charge in [0.2, 0.25) is 5.91 Å². The molecule has 2 N–H and O–H groups in total. The molecule has 0 aromatic heterocycles. The van der Waals surface area contributed by atoms with Crippen molar-refractivity contribution in [3.05, 3.63) is 78.4 Å². The number of benzene rings is 2. The minimum atomic E-state index is -1.05. The molecule has 0 aliphatic rings. The molecule has 2 rings (SSSR count). The zero-order chi connectivity index (χ0) is 24.2. The third-order valence-corrected chi connectivity index (χ3v) is 4.28. The summed E-state index contributed by atoms with van der Waals surface area (Å²) in [6, 6.07) is 13.0. The standard InChI is InChI=1S/C24H26N2O7/c1-4-14-31-23(29)21(19-8-6-5-7-9-19)26-22(28)16(2)25-24(30)32-15-18-10-12-20(13-11-18)33-17(3)27/h4-13,16,21H,1,14-15H2,2-3H3,(H,25,30)(H,26,28)/t16-,21-/m0/s1. The zero-order valence-electron chi connectivity index (χ0n) is 18.4. The van der Waals surface area contributed by atoms with Gasteiger partial charge in [-0.3, -0.25) is 9.59 Å². The first-order valence-corrected chi connectivity index (χ1v) is 10.1. The fourth-order valence-electron chi connectivity index (χ4n) is 2.67. The monoisotopic (exact) mass is 454 g/mol.